The third-order valence-electron chi connectivity index (χ3n) is 5.49. The van der Waals surface area contributed by atoms with Gasteiger partial charge in [-0.25, -0.2) is 4.98 Å². The molecule has 0 radical (unpaired) electrons. The van der Waals surface area contributed by atoms with Crippen LogP contribution in [0.3, 0.4) is 0 Å². The number of hydrogen-bond donors (Lipinski definition) is 2. The zero-order valence-electron chi connectivity index (χ0n) is 14.2. The lowest BCUT2D eigenvalue weighted by atomic mass is 9.94. The quantitative estimate of drug-likeness (QED) is 0.902. The summed E-state index contributed by atoms with van der Waals surface area (Å²) >= 11 is 0. The van der Waals surface area contributed by atoms with Gasteiger partial charge in [0.15, 0.2) is 0 Å². The lowest BCUT2D eigenvalue weighted by Gasteiger charge is -2.34. The van der Waals surface area contributed by atoms with Gasteiger partial charge >= 0.3 is 0 Å². The van der Waals surface area contributed by atoms with Gasteiger partial charge in [-0.3, -0.25) is 4.99 Å². The fourth-order valence-electron chi connectivity index (χ4n) is 4.13. The molecule has 25 heavy (non-hydrogen) atoms. The maximum atomic E-state index is 4.75. The Morgan fingerprint density at radius 1 is 1.20 bits per heavy atom. The van der Waals surface area contributed by atoms with E-state index in [1.807, 2.05) is 18.5 Å². The maximum Gasteiger partial charge on any atom is 0.227 e. The predicted octanol–water partition coefficient (Wildman–Crippen LogP) is 2.34. The van der Waals surface area contributed by atoms with E-state index in [-0.39, 0.29) is 0 Å². The lowest BCUT2D eigenvalue weighted by molar-refractivity contribution is 0.373. The van der Waals surface area contributed by atoms with Crippen LogP contribution in [0.1, 0.15) is 24.0 Å². The summed E-state index contributed by atoms with van der Waals surface area (Å²) < 4.78 is 0. The van der Waals surface area contributed by atoms with E-state index in [0.29, 0.717) is 6.04 Å². The molecule has 2 atom stereocenters. The number of aromatic nitrogens is 2. The molecular weight excluding hydrogens is 312 g/mol. The van der Waals surface area contributed by atoms with Gasteiger partial charge in [0.05, 0.1) is 6.54 Å². The number of anilines is 3. The number of nitrogens with one attached hydrogen (secondary N) is 2. The fraction of sp³-hybridized carbons (Fsp3) is 0.421. The monoisotopic (exact) mass is 334 g/mol. The van der Waals surface area contributed by atoms with Crippen LogP contribution in [-0.4, -0.2) is 41.9 Å². The Morgan fingerprint density at radius 3 is 3.20 bits per heavy atom. The van der Waals surface area contributed by atoms with Gasteiger partial charge in [0.2, 0.25) is 5.95 Å². The summed E-state index contributed by atoms with van der Waals surface area (Å²) in [6.07, 6.45) is 6.22. The van der Waals surface area contributed by atoms with Crippen LogP contribution in [0.2, 0.25) is 0 Å². The second-order valence-corrected chi connectivity index (χ2v) is 7.09. The molecule has 2 aromatic rings. The molecule has 0 saturated carbocycles. The molecule has 128 valence electrons. The summed E-state index contributed by atoms with van der Waals surface area (Å²) in [5.41, 5.74) is 3.51. The van der Waals surface area contributed by atoms with Gasteiger partial charge in [-0.05, 0) is 54.6 Å². The summed E-state index contributed by atoms with van der Waals surface area (Å²) in [6.45, 7) is 4.01. The Bertz CT molecular complexity index is 817. The number of benzene rings is 1. The number of fused-ring (bicyclic) bond motifs is 2. The molecule has 6 heteroatoms. The Labute approximate surface area is 147 Å². The van der Waals surface area contributed by atoms with E-state index in [0.717, 1.165) is 49.6 Å². The minimum atomic E-state index is 0.686. The SMILES string of the molecule is C1=NCc2ccc(Nc3ccnc(N4CCC5NCCC5C4)n3)cc21. The molecule has 3 aliphatic rings. The average molecular weight is 334 g/mol. The zero-order valence-corrected chi connectivity index (χ0v) is 14.2. The standard InChI is InChI=1S/C19H22N6/c1-2-16(9-15-11-20-10-13(1)15)23-18-4-7-22-19(24-18)25-8-5-17-14(12-25)3-6-21-17/h1-2,4,7,9,11,14,17,21H,3,5-6,8,10,12H2,(H,22,23,24). The molecule has 2 unspecified atom stereocenters. The molecule has 1 aromatic carbocycles. The van der Waals surface area contributed by atoms with Gasteiger partial charge in [0, 0.05) is 37.2 Å². The van der Waals surface area contributed by atoms with Crippen molar-refractivity contribution in [3.8, 4) is 0 Å². The number of hydrogen-bond acceptors (Lipinski definition) is 6. The first-order chi connectivity index (χ1) is 12.3. The Kier molecular flexibility index (Phi) is 3.63. The van der Waals surface area contributed by atoms with Crippen LogP contribution in [0.5, 0.6) is 0 Å². The van der Waals surface area contributed by atoms with E-state index in [2.05, 4.69) is 43.7 Å². The summed E-state index contributed by atoms with van der Waals surface area (Å²) in [5, 5.41) is 7.01. The summed E-state index contributed by atoms with van der Waals surface area (Å²) in [4.78, 5) is 15.9. The van der Waals surface area contributed by atoms with Crippen LogP contribution in [0.4, 0.5) is 17.5 Å². The van der Waals surface area contributed by atoms with Crippen LogP contribution in [0, 0.1) is 5.92 Å². The van der Waals surface area contributed by atoms with Crippen molar-refractivity contribution < 1.29 is 0 Å². The average Bonchev–Trinajstić information content (AvgIpc) is 3.30. The van der Waals surface area contributed by atoms with Crippen molar-refractivity contribution in [2.75, 3.05) is 29.9 Å². The predicted molar refractivity (Wildman–Crippen MR) is 99.8 cm³/mol. The molecule has 0 spiro atoms. The van der Waals surface area contributed by atoms with E-state index in [1.54, 1.807) is 0 Å². The van der Waals surface area contributed by atoms with Crippen molar-refractivity contribution in [3.63, 3.8) is 0 Å². The van der Waals surface area contributed by atoms with Crippen molar-refractivity contribution >= 4 is 23.7 Å². The van der Waals surface area contributed by atoms with Crippen molar-refractivity contribution in [1.29, 1.82) is 0 Å². The highest BCUT2D eigenvalue weighted by Crippen LogP contribution is 2.27. The van der Waals surface area contributed by atoms with Crippen LogP contribution >= 0.6 is 0 Å². The van der Waals surface area contributed by atoms with Gasteiger partial charge in [-0.15, -0.1) is 0 Å². The maximum absolute atomic E-state index is 4.75. The van der Waals surface area contributed by atoms with E-state index >= 15 is 0 Å². The highest BCUT2D eigenvalue weighted by atomic mass is 15.3. The van der Waals surface area contributed by atoms with E-state index in [1.165, 1.54) is 24.0 Å². The van der Waals surface area contributed by atoms with E-state index in [9.17, 15) is 0 Å². The minimum Gasteiger partial charge on any atom is -0.340 e. The minimum absolute atomic E-state index is 0.686. The largest absolute Gasteiger partial charge is 0.340 e. The molecule has 0 bridgehead atoms. The van der Waals surface area contributed by atoms with Crippen LogP contribution in [0.15, 0.2) is 35.5 Å². The Hall–Kier alpha value is -2.47. The highest BCUT2D eigenvalue weighted by molar-refractivity contribution is 5.86. The van der Waals surface area contributed by atoms with Crippen molar-refractivity contribution in [2.24, 2.45) is 10.9 Å². The van der Waals surface area contributed by atoms with Crippen molar-refractivity contribution in [3.05, 3.63) is 41.6 Å². The summed E-state index contributed by atoms with van der Waals surface area (Å²) in [7, 11) is 0. The van der Waals surface area contributed by atoms with Crippen molar-refractivity contribution in [1.82, 2.24) is 15.3 Å². The lowest BCUT2D eigenvalue weighted by Crippen LogP contribution is -2.45. The molecule has 2 saturated heterocycles. The highest BCUT2D eigenvalue weighted by Gasteiger charge is 2.33. The first-order valence-corrected chi connectivity index (χ1v) is 9.06. The number of nitrogens with zero attached hydrogens (tertiary/aromatic N) is 4. The fourth-order valence-corrected chi connectivity index (χ4v) is 4.13. The molecule has 2 fully saturated rings. The molecular formula is C19H22N6. The second-order valence-electron chi connectivity index (χ2n) is 7.09. The molecule has 4 heterocycles. The number of aliphatic imine (C=N–C) groups is 1. The first kappa shape index (κ1) is 14.8. The Balaban J connectivity index is 1.33. The Morgan fingerprint density at radius 2 is 2.20 bits per heavy atom. The van der Waals surface area contributed by atoms with Gasteiger partial charge in [-0.1, -0.05) is 6.07 Å². The van der Waals surface area contributed by atoms with E-state index < -0.39 is 0 Å². The van der Waals surface area contributed by atoms with E-state index in [4.69, 9.17) is 4.98 Å². The summed E-state index contributed by atoms with van der Waals surface area (Å²) in [5.74, 6) is 2.40. The number of rotatable bonds is 3. The molecule has 3 aliphatic heterocycles. The molecule has 0 aliphatic carbocycles. The molecule has 6 nitrogen and oxygen atoms in total. The smallest absolute Gasteiger partial charge is 0.227 e. The molecule has 5 rings (SSSR count). The van der Waals surface area contributed by atoms with Crippen LogP contribution in [-0.2, 0) is 6.54 Å². The first-order valence-electron chi connectivity index (χ1n) is 9.06. The normalized spacial score (nSPS) is 24.2. The van der Waals surface area contributed by atoms with Crippen molar-refractivity contribution in [2.45, 2.75) is 25.4 Å². The third-order valence-corrected chi connectivity index (χ3v) is 5.49. The molecule has 1 aromatic heterocycles. The summed E-state index contributed by atoms with van der Waals surface area (Å²) in [6, 6.07) is 8.96. The molecule has 0 amide bonds. The third kappa shape index (κ3) is 2.87. The number of piperidine rings is 1. The van der Waals surface area contributed by atoms with Gasteiger partial charge in [0.25, 0.3) is 0 Å². The topological polar surface area (TPSA) is 65.4 Å². The second kappa shape index (κ2) is 6.11. The molecule has 2 N–H and O–H groups in total. The van der Waals surface area contributed by atoms with Crippen LogP contribution < -0.4 is 15.5 Å². The zero-order chi connectivity index (χ0) is 16.6. The van der Waals surface area contributed by atoms with Gasteiger partial charge in [0.1, 0.15) is 5.82 Å². The van der Waals surface area contributed by atoms with Gasteiger partial charge in [-0.2, -0.15) is 4.98 Å². The van der Waals surface area contributed by atoms with Crippen LogP contribution in [0.25, 0.3) is 0 Å². The van der Waals surface area contributed by atoms with Gasteiger partial charge < -0.3 is 15.5 Å².